The van der Waals surface area contributed by atoms with Crippen molar-refractivity contribution < 1.29 is 4.79 Å². The van der Waals surface area contributed by atoms with Crippen LogP contribution in [0.15, 0.2) is 30.5 Å². The molecule has 0 aromatic carbocycles. The highest BCUT2D eigenvalue weighted by atomic mass is 32.1. The molecule has 94 valence electrons. The highest BCUT2D eigenvalue weighted by molar-refractivity contribution is 7.12. The molecular weight excluding hydrogens is 246 g/mol. The standard InChI is InChI=1S/C13H15N3OS/c1-8-3-4-12(18-8)9(2)16-10-5-6-15-11(7-10)13(14)17/h3-7,9H,1-2H3,(H2,14,17)(H,15,16). The zero-order valence-electron chi connectivity index (χ0n) is 10.3. The molecule has 1 amide bonds. The topological polar surface area (TPSA) is 68.0 Å². The monoisotopic (exact) mass is 261 g/mol. The van der Waals surface area contributed by atoms with E-state index in [2.05, 4.69) is 36.3 Å². The first-order chi connectivity index (χ1) is 8.56. The van der Waals surface area contributed by atoms with E-state index in [-0.39, 0.29) is 11.7 Å². The Kier molecular flexibility index (Phi) is 3.62. The number of thiophene rings is 1. The molecule has 0 aliphatic heterocycles. The second-order valence-electron chi connectivity index (χ2n) is 4.11. The Balaban J connectivity index is 2.14. The summed E-state index contributed by atoms with van der Waals surface area (Å²) in [6.45, 7) is 4.16. The van der Waals surface area contributed by atoms with Crippen LogP contribution in [-0.4, -0.2) is 10.9 Å². The van der Waals surface area contributed by atoms with Crippen LogP contribution in [0.25, 0.3) is 0 Å². The molecular formula is C13H15N3OS. The number of carbonyl (C=O) groups excluding carboxylic acids is 1. The number of nitrogens with one attached hydrogen (secondary N) is 1. The lowest BCUT2D eigenvalue weighted by molar-refractivity contribution is 0.0995. The highest BCUT2D eigenvalue weighted by Crippen LogP contribution is 2.25. The van der Waals surface area contributed by atoms with E-state index in [1.165, 1.54) is 9.75 Å². The fourth-order valence-corrected chi connectivity index (χ4v) is 2.54. The molecule has 0 aliphatic rings. The third-order valence-corrected chi connectivity index (χ3v) is 3.77. The number of primary amides is 1. The summed E-state index contributed by atoms with van der Waals surface area (Å²) in [6, 6.07) is 7.88. The molecule has 1 atom stereocenters. The summed E-state index contributed by atoms with van der Waals surface area (Å²) in [7, 11) is 0. The summed E-state index contributed by atoms with van der Waals surface area (Å²) in [5, 5.41) is 3.33. The Morgan fingerprint density at radius 3 is 2.83 bits per heavy atom. The molecule has 0 radical (unpaired) electrons. The Morgan fingerprint density at radius 1 is 1.44 bits per heavy atom. The third kappa shape index (κ3) is 2.87. The molecule has 2 heterocycles. The van der Waals surface area contributed by atoms with Gasteiger partial charge in [0.2, 0.25) is 0 Å². The summed E-state index contributed by atoms with van der Waals surface area (Å²) in [6.07, 6.45) is 1.58. The lowest BCUT2D eigenvalue weighted by Gasteiger charge is -2.13. The lowest BCUT2D eigenvalue weighted by Crippen LogP contribution is -2.13. The van der Waals surface area contributed by atoms with Gasteiger partial charge >= 0.3 is 0 Å². The molecule has 2 aromatic rings. The fraction of sp³-hybridized carbons (Fsp3) is 0.231. The summed E-state index contributed by atoms with van der Waals surface area (Å²) >= 11 is 1.76. The molecule has 2 rings (SSSR count). The van der Waals surface area contributed by atoms with Crippen molar-refractivity contribution in [3.63, 3.8) is 0 Å². The zero-order chi connectivity index (χ0) is 13.1. The summed E-state index contributed by atoms with van der Waals surface area (Å²) < 4.78 is 0. The van der Waals surface area contributed by atoms with Gasteiger partial charge in [-0.3, -0.25) is 9.78 Å². The lowest BCUT2D eigenvalue weighted by atomic mass is 10.2. The number of carbonyl (C=O) groups is 1. The molecule has 2 aromatic heterocycles. The van der Waals surface area contributed by atoms with E-state index in [4.69, 9.17) is 5.73 Å². The van der Waals surface area contributed by atoms with Crippen molar-refractivity contribution in [3.8, 4) is 0 Å². The average molecular weight is 261 g/mol. The van der Waals surface area contributed by atoms with Crippen molar-refractivity contribution in [3.05, 3.63) is 45.9 Å². The van der Waals surface area contributed by atoms with E-state index < -0.39 is 5.91 Å². The number of nitrogens with two attached hydrogens (primary N) is 1. The fourth-order valence-electron chi connectivity index (χ4n) is 1.66. The minimum Gasteiger partial charge on any atom is -0.378 e. The number of amides is 1. The number of aryl methyl sites for hydroxylation is 1. The van der Waals surface area contributed by atoms with Crippen LogP contribution in [0.4, 0.5) is 5.69 Å². The molecule has 5 heteroatoms. The maximum atomic E-state index is 11.0. The van der Waals surface area contributed by atoms with Crippen molar-refractivity contribution in [2.24, 2.45) is 5.73 Å². The first-order valence-electron chi connectivity index (χ1n) is 5.65. The first-order valence-corrected chi connectivity index (χ1v) is 6.46. The molecule has 1 unspecified atom stereocenters. The van der Waals surface area contributed by atoms with E-state index in [0.29, 0.717) is 0 Å². The van der Waals surface area contributed by atoms with Crippen LogP contribution < -0.4 is 11.1 Å². The summed E-state index contributed by atoms with van der Waals surface area (Å²) in [4.78, 5) is 17.5. The Bertz CT molecular complexity index is 565. The van der Waals surface area contributed by atoms with Crippen molar-refractivity contribution >= 4 is 22.9 Å². The number of rotatable bonds is 4. The number of aromatic nitrogens is 1. The minimum atomic E-state index is -0.515. The molecule has 0 fully saturated rings. The van der Waals surface area contributed by atoms with E-state index in [9.17, 15) is 4.79 Å². The second kappa shape index (κ2) is 5.18. The Morgan fingerprint density at radius 2 is 2.22 bits per heavy atom. The van der Waals surface area contributed by atoms with E-state index in [1.807, 2.05) is 6.07 Å². The second-order valence-corrected chi connectivity index (χ2v) is 5.43. The summed E-state index contributed by atoms with van der Waals surface area (Å²) in [5.74, 6) is -0.515. The van der Waals surface area contributed by atoms with Crippen LogP contribution in [0.2, 0.25) is 0 Å². The van der Waals surface area contributed by atoms with Gasteiger partial charge in [0, 0.05) is 21.6 Å². The molecule has 4 nitrogen and oxygen atoms in total. The van der Waals surface area contributed by atoms with E-state index in [0.717, 1.165) is 5.69 Å². The van der Waals surface area contributed by atoms with Gasteiger partial charge < -0.3 is 11.1 Å². The van der Waals surface area contributed by atoms with Gasteiger partial charge in [-0.1, -0.05) is 0 Å². The molecule has 0 spiro atoms. The number of anilines is 1. The molecule has 3 N–H and O–H groups in total. The van der Waals surface area contributed by atoms with Crippen molar-refractivity contribution in [1.29, 1.82) is 0 Å². The molecule has 0 bridgehead atoms. The predicted octanol–water partition coefficient (Wildman–Crippen LogP) is 2.72. The third-order valence-electron chi connectivity index (χ3n) is 2.58. The van der Waals surface area contributed by atoms with Gasteiger partial charge in [0.1, 0.15) is 5.69 Å². The molecule has 0 saturated carbocycles. The van der Waals surface area contributed by atoms with Crippen molar-refractivity contribution in [2.75, 3.05) is 5.32 Å². The van der Waals surface area contributed by atoms with E-state index in [1.54, 1.807) is 23.6 Å². The van der Waals surface area contributed by atoms with Gasteiger partial charge in [-0.05, 0) is 38.1 Å². The number of pyridine rings is 1. The van der Waals surface area contributed by atoms with Crippen LogP contribution >= 0.6 is 11.3 Å². The normalized spacial score (nSPS) is 12.1. The minimum absolute atomic E-state index is 0.187. The Hall–Kier alpha value is -1.88. The maximum absolute atomic E-state index is 11.0. The van der Waals surface area contributed by atoms with Crippen LogP contribution in [0.1, 0.15) is 33.2 Å². The number of hydrogen-bond donors (Lipinski definition) is 2. The summed E-state index contributed by atoms with van der Waals surface area (Å²) in [5.41, 5.74) is 6.32. The molecule has 18 heavy (non-hydrogen) atoms. The van der Waals surface area contributed by atoms with Crippen LogP contribution in [0.5, 0.6) is 0 Å². The van der Waals surface area contributed by atoms with Gasteiger partial charge in [-0.25, -0.2) is 0 Å². The SMILES string of the molecule is Cc1ccc(C(C)Nc2ccnc(C(N)=O)c2)s1. The van der Waals surface area contributed by atoms with Crippen LogP contribution in [-0.2, 0) is 0 Å². The Labute approximate surface area is 110 Å². The maximum Gasteiger partial charge on any atom is 0.267 e. The highest BCUT2D eigenvalue weighted by Gasteiger charge is 2.09. The largest absolute Gasteiger partial charge is 0.378 e. The van der Waals surface area contributed by atoms with Crippen molar-refractivity contribution in [1.82, 2.24) is 4.98 Å². The van der Waals surface area contributed by atoms with Crippen LogP contribution in [0.3, 0.4) is 0 Å². The van der Waals surface area contributed by atoms with Gasteiger partial charge in [0.05, 0.1) is 6.04 Å². The van der Waals surface area contributed by atoms with Gasteiger partial charge in [-0.15, -0.1) is 11.3 Å². The molecule has 0 aliphatic carbocycles. The first kappa shape index (κ1) is 12.6. The van der Waals surface area contributed by atoms with Gasteiger partial charge in [-0.2, -0.15) is 0 Å². The van der Waals surface area contributed by atoms with Gasteiger partial charge in [0.25, 0.3) is 5.91 Å². The smallest absolute Gasteiger partial charge is 0.267 e. The molecule has 0 saturated heterocycles. The van der Waals surface area contributed by atoms with E-state index >= 15 is 0 Å². The predicted molar refractivity (Wildman–Crippen MR) is 73.8 cm³/mol. The average Bonchev–Trinajstić information content (AvgIpc) is 2.76. The zero-order valence-corrected chi connectivity index (χ0v) is 11.1. The van der Waals surface area contributed by atoms with Crippen LogP contribution in [0, 0.1) is 6.92 Å². The van der Waals surface area contributed by atoms with Crippen molar-refractivity contribution in [2.45, 2.75) is 19.9 Å². The van der Waals surface area contributed by atoms with Gasteiger partial charge in [0.15, 0.2) is 0 Å². The number of hydrogen-bond acceptors (Lipinski definition) is 4. The quantitative estimate of drug-likeness (QED) is 0.889. The number of nitrogens with zero attached hydrogens (tertiary/aromatic N) is 1.